The van der Waals surface area contributed by atoms with Gasteiger partial charge in [0.15, 0.2) is 0 Å². The van der Waals surface area contributed by atoms with Gasteiger partial charge in [-0.2, -0.15) is 0 Å². The number of para-hydroxylation sites is 1. The van der Waals surface area contributed by atoms with Crippen LogP contribution in [0.15, 0.2) is 60.9 Å². The van der Waals surface area contributed by atoms with Gasteiger partial charge in [-0.3, -0.25) is 4.79 Å². The van der Waals surface area contributed by atoms with Gasteiger partial charge in [0, 0.05) is 36.6 Å². The molecule has 6 nitrogen and oxygen atoms in total. The Morgan fingerprint density at radius 1 is 1.04 bits per heavy atom. The minimum Gasteiger partial charge on any atom is -0.340 e. The molecule has 1 aliphatic heterocycles. The summed E-state index contributed by atoms with van der Waals surface area (Å²) in [5, 5.41) is 6.03. The number of benzene rings is 2. The standard InChI is InChI=1S/C20H19N5O/c1-14(26)23-16-6-8-17(9-7-16)24-19-12-20(22-13-21-19)25-11-10-15-4-2-3-5-18(15)25/h2-9,12-13H,10-11H2,1H3,(H,23,26)(H,21,22,24). The first-order valence-electron chi connectivity index (χ1n) is 8.51. The van der Waals surface area contributed by atoms with Crippen LogP contribution >= 0.6 is 0 Å². The van der Waals surface area contributed by atoms with E-state index in [1.807, 2.05) is 36.4 Å². The molecule has 0 radical (unpaired) electrons. The van der Waals surface area contributed by atoms with E-state index >= 15 is 0 Å². The van der Waals surface area contributed by atoms with E-state index in [0.29, 0.717) is 0 Å². The zero-order valence-corrected chi connectivity index (χ0v) is 14.4. The zero-order valence-electron chi connectivity index (χ0n) is 14.4. The highest BCUT2D eigenvalue weighted by atomic mass is 16.1. The average Bonchev–Trinajstić information content (AvgIpc) is 3.07. The fourth-order valence-electron chi connectivity index (χ4n) is 3.13. The lowest BCUT2D eigenvalue weighted by Crippen LogP contribution is -2.15. The molecule has 1 aromatic heterocycles. The van der Waals surface area contributed by atoms with Crippen LogP contribution in [0.4, 0.5) is 28.7 Å². The monoisotopic (exact) mass is 345 g/mol. The summed E-state index contributed by atoms with van der Waals surface area (Å²) < 4.78 is 0. The predicted octanol–water partition coefficient (Wildman–Crippen LogP) is 3.87. The summed E-state index contributed by atoms with van der Waals surface area (Å²) in [5.41, 5.74) is 4.21. The molecule has 6 heteroatoms. The molecule has 0 atom stereocenters. The van der Waals surface area contributed by atoms with E-state index in [1.165, 1.54) is 18.2 Å². The Bertz CT molecular complexity index is 939. The zero-order chi connectivity index (χ0) is 17.9. The SMILES string of the molecule is CC(=O)Nc1ccc(Nc2cc(N3CCc4ccccc43)ncn2)cc1. The summed E-state index contributed by atoms with van der Waals surface area (Å²) in [4.78, 5) is 22.1. The Labute approximate surface area is 151 Å². The van der Waals surface area contributed by atoms with E-state index in [4.69, 9.17) is 0 Å². The first-order valence-corrected chi connectivity index (χ1v) is 8.51. The van der Waals surface area contributed by atoms with Crippen LogP contribution in [0, 0.1) is 0 Å². The average molecular weight is 345 g/mol. The fourth-order valence-corrected chi connectivity index (χ4v) is 3.13. The van der Waals surface area contributed by atoms with Gasteiger partial charge in [-0.05, 0) is 42.3 Å². The molecular weight excluding hydrogens is 326 g/mol. The molecule has 0 saturated carbocycles. The molecule has 1 aliphatic rings. The lowest BCUT2D eigenvalue weighted by atomic mass is 10.2. The lowest BCUT2D eigenvalue weighted by molar-refractivity contribution is -0.114. The molecule has 3 aromatic rings. The molecule has 4 rings (SSSR count). The van der Waals surface area contributed by atoms with Crippen LogP contribution in [-0.4, -0.2) is 22.4 Å². The third kappa shape index (κ3) is 3.35. The van der Waals surface area contributed by atoms with Crippen LogP contribution in [-0.2, 0) is 11.2 Å². The normalized spacial score (nSPS) is 12.6. The summed E-state index contributed by atoms with van der Waals surface area (Å²) in [6.07, 6.45) is 2.60. The Morgan fingerprint density at radius 2 is 1.81 bits per heavy atom. The van der Waals surface area contributed by atoms with E-state index in [2.05, 4.69) is 43.7 Å². The molecular formula is C20H19N5O. The van der Waals surface area contributed by atoms with Crippen LogP contribution in [0.5, 0.6) is 0 Å². The first-order chi connectivity index (χ1) is 12.7. The second-order valence-corrected chi connectivity index (χ2v) is 6.18. The van der Waals surface area contributed by atoms with Crippen molar-refractivity contribution in [3.8, 4) is 0 Å². The quantitative estimate of drug-likeness (QED) is 0.751. The van der Waals surface area contributed by atoms with Crippen LogP contribution in [0.1, 0.15) is 12.5 Å². The van der Waals surface area contributed by atoms with Gasteiger partial charge < -0.3 is 15.5 Å². The number of anilines is 5. The third-order valence-electron chi connectivity index (χ3n) is 4.29. The number of carbonyl (C=O) groups is 1. The number of carbonyl (C=O) groups excluding carboxylic acids is 1. The number of amides is 1. The Balaban J connectivity index is 1.53. The van der Waals surface area contributed by atoms with Crippen molar-refractivity contribution >= 4 is 34.6 Å². The van der Waals surface area contributed by atoms with Crippen molar-refractivity contribution in [1.29, 1.82) is 0 Å². The third-order valence-corrected chi connectivity index (χ3v) is 4.29. The Kier molecular flexibility index (Phi) is 4.23. The van der Waals surface area contributed by atoms with E-state index in [1.54, 1.807) is 6.33 Å². The summed E-state index contributed by atoms with van der Waals surface area (Å²) in [7, 11) is 0. The van der Waals surface area contributed by atoms with Gasteiger partial charge in [0.2, 0.25) is 5.91 Å². The summed E-state index contributed by atoms with van der Waals surface area (Å²) in [5.74, 6) is 1.52. The smallest absolute Gasteiger partial charge is 0.221 e. The molecule has 0 aliphatic carbocycles. The van der Waals surface area contributed by atoms with Gasteiger partial charge in [-0.15, -0.1) is 0 Å². The Hall–Kier alpha value is -3.41. The highest BCUT2D eigenvalue weighted by molar-refractivity contribution is 5.88. The molecule has 0 fully saturated rings. The molecule has 0 saturated heterocycles. The molecule has 2 aromatic carbocycles. The van der Waals surface area contributed by atoms with E-state index in [0.717, 1.165) is 36.0 Å². The van der Waals surface area contributed by atoms with Gasteiger partial charge in [-0.1, -0.05) is 18.2 Å². The van der Waals surface area contributed by atoms with Crippen molar-refractivity contribution < 1.29 is 4.79 Å². The number of aromatic nitrogens is 2. The van der Waals surface area contributed by atoms with Crippen LogP contribution in [0.25, 0.3) is 0 Å². The summed E-state index contributed by atoms with van der Waals surface area (Å²) in [6, 6.07) is 17.9. The maximum absolute atomic E-state index is 11.1. The van der Waals surface area contributed by atoms with Gasteiger partial charge in [-0.25, -0.2) is 9.97 Å². The number of nitrogens with zero attached hydrogens (tertiary/aromatic N) is 3. The summed E-state index contributed by atoms with van der Waals surface area (Å²) >= 11 is 0. The van der Waals surface area contributed by atoms with Crippen LogP contribution in [0.2, 0.25) is 0 Å². The maximum Gasteiger partial charge on any atom is 0.221 e. The first kappa shape index (κ1) is 16.1. The number of rotatable bonds is 4. The van der Waals surface area contributed by atoms with E-state index in [9.17, 15) is 4.79 Å². The van der Waals surface area contributed by atoms with Crippen molar-refractivity contribution in [1.82, 2.24) is 9.97 Å². The van der Waals surface area contributed by atoms with Gasteiger partial charge in [0.25, 0.3) is 0 Å². The van der Waals surface area contributed by atoms with Crippen molar-refractivity contribution in [2.24, 2.45) is 0 Å². The molecule has 1 amide bonds. The minimum absolute atomic E-state index is 0.0861. The van der Waals surface area contributed by atoms with Crippen LogP contribution < -0.4 is 15.5 Å². The molecule has 2 heterocycles. The van der Waals surface area contributed by atoms with Crippen LogP contribution in [0.3, 0.4) is 0 Å². The molecule has 0 bridgehead atoms. The maximum atomic E-state index is 11.1. The van der Waals surface area contributed by atoms with E-state index < -0.39 is 0 Å². The second-order valence-electron chi connectivity index (χ2n) is 6.18. The highest BCUT2D eigenvalue weighted by Gasteiger charge is 2.21. The molecule has 0 spiro atoms. The molecule has 26 heavy (non-hydrogen) atoms. The fraction of sp³-hybridized carbons (Fsp3) is 0.150. The number of nitrogens with one attached hydrogen (secondary N) is 2. The Morgan fingerprint density at radius 3 is 2.62 bits per heavy atom. The van der Waals surface area contributed by atoms with Gasteiger partial charge in [0.05, 0.1) is 0 Å². The topological polar surface area (TPSA) is 70.2 Å². The van der Waals surface area contributed by atoms with Crippen molar-refractivity contribution in [3.05, 3.63) is 66.5 Å². The number of fused-ring (bicyclic) bond motifs is 1. The van der Waals surface area contributed by atoms with Crippen molar-refractivity contribution in [3.63, 3.8) is 0 Å². The highest BCUT2D eigenvalue weighted by Crippen LogP contribution is 2.33. The summed E-state index contributed by atoms with van der Waals surface area (Å²) in [6.45, 7) is 2.41. The van der Waals surface area contributed by atoms with E-state index in [-0.39, 0.29) is 5.91 Å². The lowest BCUT2D eigenvalue weighted by Gasteiger charge is -2.18. The predicted molar refractivity (Wildman–Crippen MR) is 103 cm³/mol. The largest absolute Gasteiger partial charge is 0.340 e. The van der Waals surface area contributed by atoms with Crippen molar-refractivity contribution in [2.45, 2.75) is 13.3 Å². The molecule has 130 valence electrons. The number of hydrogen-bond donors (Lipinski definition) is 2. The molecule has 0 unspecified atom stereocenters. The van der Waals surface area contributed by atoms with Crippen molar-refractivity contribution in [2.75, 3.05) is 22.1 Å². The molecule has 2 N–H and O–H groups in total. The number of hydrogen-bond acceptors (Lipinski definition) is 5. The minimum atomic E-state index is -0.0861. The second kappa shape index (κ2) is 6.84. The van der Waals surface area contributed by atoms with Gasteiger partial charge in [0.1, 0.15) is 18.0 Å². The van der Waals surface area contributed by atoms with Gasteiger partial charge >= 0.3 is 0 Å².